The lowest BCUT2D eigenvalue weighted by Gasteiger charge is -2.24. The van der Waals surface area contributed by atoms with Gasteiger partial charge in [0.1, 0.15) is 17.0 Å². The summed E-state index contributed by atoms with van der Waals surface area (Å²) in [5.74, 6) is 0.0448. The van der Waals surface area contributed by atoms with E-state index in [1.54, 1.807) is 34.9 Å². The molecule has 114 valence electrons. The molecule has 2 amide bonds. The van der Waals surface area contributed by atoms with Gasteiger partial charge in [0.15, 0.2) is 0 Å². The second kappa shape index (κ2) is 6.36. The van der Waals surface area contributed by atoms with Crippen molar-refractivity contribution in [2.45, 2.75) is 5.37 Å². The van der Waals surface area contributed by atoms with Gasteiger partial charge in [-0.15, -0.1) is 11.8 Å². The number of carbonyl (C=O) groups is 1. The van der Waals surface area contributed by atoms with Crippen molar-refractivity contribution in [3.8, 4) is 0 Å². The van der Waals surface area contributed by atoms with E-state index in [0.717, 1.165) is 11.3 Å². The second-order valence-corrected chi connectivity index (χ2v) is 6.10. The lowest BCUT2D eigenvalue weighted by Crippen LogP contribution is -2.34. The zero-order valence-corrected chi connectivity index (χ0v) is 12.4. The van der Waals surface area contributed by atoms with E-state index in [1.807, 2.05) is 0 Å². The average molecular weight is 320 g/mol. The number of urea groups is 1. The first-order chi connectivity index (χ1) is 10.6. The lowest BCUT2D eigenvalue weighted by atomic mass is 10.2. The topological polar surface area (TPSA) is 32.3 Å². The van der Waals surface area contributed by atoms with Crippen molar-refractivity contribution in [3.63, 3.8) is 0 Å². The molecule has 3 nitrogen and oxygen atoms in total. The summed E-state index contributed by atoms with van der Waals surface area (Å²) >= 11 is 1.58. The summed E-state index contributed by atoms with van der Waals surface area (Å²) in [5, 5.41) is 2.45. The molecule has 1 atom stereocenters. The third-order valence-electron chi connectivity index (χ3n) is 3.36. The van der Waals surface area contributed by atoms with Gasteiger partial charge in [0.2, 0.25) is 0 Å². The molecule has 0 aliphatic carbocycles. The Morgan fingerprint density at radius 2 is 1.86 bits per heavy atom. The molecule has 0 unspecified atom stereocenters. The Morgan fingerprint density at radius 3 is 2.59 bits per heavy atom. The molecule has 22 heavy (non-hydrogen) atoms. The molecule has 0 aromatic heterocycles. The normalized spacial score (nSPS) is 17.5. The molecule has 1 N–H and O–H groups in total. The number of nitrogens with one attached hydrogen (secondary N) is 1. The number of thioether (sulfide) groups is 1. The van der Waals surface area contributed by atoms with E-state index in [4.69, 9.17) is 0 Å². The molecule has 1 aliphatic rings. The first-order valence-corrected chi connectivity index (χ1v) is 7.88. The third kappa shape index (κ3) is 3.22. The van der Waals surface area contributed by atoms with Gasteiger partial charge in [0.25, 0.3) is 0 Å². The highest BCUT2D eigenvalue weighted by atomic mass is 32.2. The van der Waals surface area contributed by atoms with E-state index in [9.17, 15) is 13.6 Å². The van der Waals surface area contributed by atoms with Crippen LogP contribution in [0.1, 0.15) is 10.9 Å². The van der Waals surface area contributed by atoms with Gasteiger partial charge in [-0.05, 0) is 35.9 Å². The van der Waals surface area contributed by atoms with Gasteiger partial charge in [-0.1, -0.05) is 18.2 Å². The Balaban J connectivity index is 1.76. The summed E-state index contributed by atoms with van der Waals surface area (Å²) < 4.78 is 26.5. The molecule has 1 saturated heterocycles. The molecule has 0 saturated carbocycles. The smallest absolute Gasteiger partial charge is 0.308 e. The number of anilines is 1. The molecule has 2 aromatic carbocycles. The number of rotatable bonds is 2. The van der Waals surface area contributed by atoms with Crippen LogP contribution in [0.25, 0.3) is 0 Å². The van der Waals surface area contributed by atoms with Crippen LogP contribution in [0, 0.1) is 11.6 Å². The van der Waals surface area contributed by atoms with Crippen molar-refractivity contribution in [1.29, 1.82) is 0 Å². The van der Waals surface area contributed by atoms with E-state index in [1.165, 1.54) is 30.3 Å². The van der Waals surface area contributed by atoms with Crippen LogP contribution in [0.4, 0.5) is 19.3 Å². The maximum absolute atomic E-state index is 13.4. The zero-order chi connectivity index (χ0) is 15.5. The fourth-order valence-electron chi connectivity index (χ4n) is 2.38. The molecule has 3 rings (SSSR count). The Labute approximate surface area is 131 Å². The number of nitrogens with zero attached hydrogens (tertiary/aromatic N) is 1. The Kier molecular flexibility index (Phi) is 4.29. The van der Waals surface area contributed by atoms with Crippen LogP contribution in [-0.2, 0) is 0 Å². The molecule has 1 heterocycles. The summed E-state index contributed by atoms with van der Waals surface area (Å²) in [7, 11) is 0. The first kappa shape index (κ1) is 14.8. The minimum atomic E-state index is -0.407. The van der Waals surface area contributed by atoms with Gasteiger partial charge in [-0.3, -0.25) is 0 Å². The second-order valence-electron chi connectivity index (χ2n) is 4.91. The fourth-order valence-corrected chi connectivity index (χ4v) is 3.62. The standard InChI is InChI=1S/C16H14F2N2OS/c17-12-4-1-3-11(9-12)15-20(7-8-22-15)16(21)19-14-6-2-5-13(18)10-14/h1-6,9-10,15H,7-8H2,(H,19,21)/t15-/m1/s1. The summed E-state index contributed by atoms with van der Waals surface area (Å²) in [6.45, 7) is 0.562. The molecule has 1 aliphatic heterocycles. The number of benzene rings is 2. The van der Waals surface area contributed by atoms with Gasteiger partial charge >= 0.3 is 6.03 Å². The number of amides is 2. The van der Waals surface area contributed by atoms with Crippen molar-refractivity contribution in [1.82, 2.24) is 4.90 Å². The van der Waals surface area contributed by atoms with Gasteiger partial charge in [0, 0.05) is 18.0 Å². The number of carbonyl (C=O) groups excluding carboxylic acids is 1. The van der Waals surface area contributed by atoms with Crippen LogP contribution < -0.4 is 5.32 Å². The minimum Gasteiger partial charge on any atom is -0.308 e. The lowest BCUT2D eigenvalue weighted by molar-refractivity contribution is 0.214. The van der Waals surface area contributed by atoms with E-state index >= 15 is 0 Å². The highest BCUT2D eigenvalue weighted by Gasteiger charge is 2.30. The average Bonchev–Trinajstić information content (AvgIpc) is 2.97. The van der Waals surface area contributed by atoms with Crippen LogP contribution >= 0.6 is 11.8 Å². The highest BCUT2D eigenvalue weighted by molar-refractivity contribution is 7.99. The maximum atomic E-state index is 13.4. The van der Waals surface area contributed by atoms with Crippen LogP contribution in [-0.4, -0.2) is 23.2 Å². The van der Waals surface area contributed by atoms with Crippen molar-refractivity contribution in [2.24, 2.45) is 0 Å². The van der Waals surface area contributed by atoms with Crippen molar-refractivity contribution >= 4 is 23.5 Å². The maximum Gasteiger partial charge on any atom is 0.323 e. The molecule has 2 aromatic rings. The quantitative estimate of drug-likeness (QED) is 0.897. The molecule has 1 fully saturated rings. The van der Waals surface area contributed by atoms with E-state index in [0.29, 0.717) is 12.2 Å². The third-order valence-corrected chi connectivity index (χ3v) is 4.62. The van der Waals surface area contributed by atoms with Crippen LogP contribution in [0.2, 0.25) is 0 Å². The zero-order valence-electron chi connectivity index (χ0n) is 11.6. The van der Waals surface area contributed by atoms with Gasteiger partial charge in [-0.25, -0.2) is 13.6 Å². The van der Waals surface area contributed by atoms with Gasteiger partial charge in [-0.2, -0.15) is 0 Å². The first-order valence-electron chi connectivity index (χ1n) is 6.84. The largest absolute Gasteiger partial charge is 0.323 e. The monoisotopic (exact) mass is 320 g/mol. The van der Waals surface area contributed by atoms with Gasteiger partial charge < -0.3 is 10.2 Å². The minimum absolute atomic E-state index is 0.232. The summed E-state index contributed by atoms with van der Waals surface area (Å²) in [5.41, 5.74) is 1.15. The molecule has 0 bridgehead atoms. The number of halogens is 2. The predicted molar refractivity (Wildman–Crippen MR) is 83.7 cm³/mol. The molecule has 6 heteroatoms. The Bertz CT molecular complexity index is 695. The van der Waals surface area contributed by atoms with Crippen LogP contribution in [0.5, 0.6) is 0 Å². The number of hydrogen-bond acceptors (Lipinski definition) is 2. The van der Waals surface area contributed by atoms with Crippen molar-refractivity contribution in [3.05, 3.63) is 65.7 Å². The Hall–Kier alpha value is -2.08. The van der Waals surface area contributed by atoms with Crippen molar-refractivity contribution < 1.29 is 13.6 Å². The number of hydrogen-bond donors (Lipinski definition) is 1. The highest BCUT2D eigenvalue weighted by Crippen LogP contribution is 2.38. The van der Waals surface area contributed by atoms with Crippen LogP contribution in [0.15, 0.2) is 48.5 Å². The summed E-state index contributed by atoms with van der Waals surface area (Å²) in [6.07, 6.45) is 0. The fraction of sp³-hybridized carbons (Fsp3) is 0.188. The van der Waals surface area contributed by atoms with Crippen LogP contribution in [0.3, 0.4) is 0 Å². The van der Waals surface area contributed by atoms with E-state index < -0.39 is 5.82 Å². The van der Waals surface area contributed by atoms with Gasteiger partial charge in [0.05, 0.1) is 0 Å². The Morgan fingerprint density at radius 1 is 1.14 bits per heavy atom. The molecule has 0 spiro atoms. The van der Waals surface area contributed by atoms with E-state index in [2.05, 4.69) is 5.32 Å². The summed E-state index contributed by atoms with van der Waals surface area (Å²) in [6, 6.07) is 11.7. The van der Waals surface area contributed by atoms with E-state index in [-0.39, 0.29) is 17.2 Å². The SMILES string of the molecule is O=C(Nc1cccc(F)c1)N1CCS[C@@H]1c1cccc(F)c1. The summed E-state index contributed by atoms with van der Waals surface area (Å²) in [4.78, 5) is 14.0. The molecular formula is C16H14F2N2OS. The molecule has 0 radical (unpaired) electrons. The molecular weight excluding hydrogens is 306 g/mol. The van der Waals surface area contributed by atoms with Crippen molar-refractivity contribution in [2.75, 3.05) is 17.6 Å². The predicted octanol–water partition coefficient (Wildman–Crippen LogP) is 4.24.